The van der Waals surface area contributed by atoms with E-state index in [4.69, 9.17) is 4.74 Å². The first kappa shape index (κ1) is 20.3. The molecule has 2 aromatic carbocycles. The van der Waals surface area contributed by atoms with Gasteiger partial charge in [0.25, 0.3) is 15.7 Å². The van der Waals surface area contributed by atoms with Crippen molar-refractivity contribution in [3.63, 3.8) is 0 Å². The van der Waals surface area contributed by atoms with Crippen molar-refractivity contribution in [2.24, 2.45) is 0 Å². The van der Waals surface area contributed by atoms with Crippen LogP contribution in [0.2, 0.25) is 0 Å². The molecule has 0 saturated heterocycles. The minimum absolute atomic E-state index is 0.0672. The second-order valence-electron chi connectivity index (χ2n) is 6.41. The molecule has 0 aliphatic rings. The molecule has 0 aliphatic carbocycles. The number of ether oxygens (including phenoxy) is 1. The van der Waals surface area contributed by atoms with Gasteiger partial charge in [-0.1, -0.05) is 12.1 Å². The quantitative estimate of drug-likeness (QED) is 0.467. The van der Waals surface area contributed by atoms with Gasteiger partial charge in [-0.2, -0.15) is 5.10 Å². The summed E-state index contributed by atoms with van der Waals surface area (Å²) in [6.07, 6.45) is 0. The SMILES string of the molecule is COc1cccc(Cn2nc(C)c(NS(=O)(=O)c3ccc([N+](=O)[O-])cc3)c2C)c1. The van der Waals surface area contributed by atoms with Gasteiger partial charge in [-0.3, -0.25) is 19.5 Å². The fourth-order valence-corrected chi connectivity index (χ4v) is 4.06. The second kappa shape index (κ2) is 7.92. The van der Waals surface area contributed by atoms with E-state index < -0.39 is 14.9 Å². The van der Waals surface area contributed by atoms with Gasteiger partial charge in [0, 0.05) is 12.1 Å². The molecule has 1 N–H and O–H groups in total. The summed E-state index contributed by atoms with van der Waals surface area (Å²) in [7, 11) is -2.33. The number of nitrogens with zero attached hydrogens (tertiary/aromatic N) is 3. The summed E-state index contributed by atoms with van der Waals surface area (Å²) >= 11 is 0. The molecule has 0 fully saturated rings. The predicted octanol–water partition coefficient (Wildman–Crippen LogP) is 3.27. The number of nitro benzene ring substituents is 1. The van der Waals surface area contributed by atoms with Gasteiger partial charge in [-0.15, -0.1) is 0 Å². The summed E-state index contributed by atoms with van der Waals surface area (Å²) in [5, 5.41) is 15.2. The van der Waals surface area contributed by atoms with Crippen LogP contribution in [0.4, 0.5) is 11.4 Å². The molecule has 0 aliphatic heterocycles. The molecule has 0 bridgehead atoms. The Balaban J connectivity index is 1.86. The highest BCUT2D eigenvalue weighted by Crippen LogP contribution is 2.25. The number of aromatic nitrogens is 2. The molecule has 1 aromatic heterocycles. The van der Waals surface area contributed by atoms with Gasteiger partial charge >= 0.3 is 0 Å². The smallest absolute Gasteiger partial charge is 0.269 e. The second-order valence-corrected chi connectivity index (χ2v) is 8.09. The molecule has 29 heavy (non-hydrogen) atoms. The molecule has 0 saturated carbocycles. The average Bonchev–Trinajstić information content (AvgIpc) is 2.95. The number of non-ortho nitro benzene ring substituents is 1. The third kappa shape index (κ3) is 4.37. The van der Waals surface area contributed by atoms with Gasteiger partial charge in [0.2, 0.25) is 0 Å². The summed E-state index contributed by atoms with van der Waals surface area (Å²) in [6.45, 7) is 3.93. The number of nitro groups is 1. The third-order valence-electron chi connectivity index (χ3n) is 4.44. The Bertz CT molecular complexity index is 1150. The van der Waals surface area contributed by atoms with E-state index in [1.807, 2.05) is 24.3 Å². The normalized spacial score (nSPS) is 11.3. The number of benzene rings is 2. The van der Waals surface area contributed by atoms with Gasteiger partial charge in [-0.25, -0.2) is 8.42 Å². The lowest BCUT2D eigenvalue weighted by molar-refractivity contribution is -0.384. The molecule has 3 aromatic rings. The number of hydrogen-bond donors (Lipinski definition) is 1. The van der Waals surface area contributed by atoms with Gasteiger partial charge in [0.15, 0.2) is 0 Å². The summed E-state index contributed by atoms with van der Waals surface area (Å²) < 4.78 is 34.9. The van der Waals surface area contributed by atoms with Crippen molar-refractivity contribution >= 4 is 21.4 Å². The van der Waals surface area contributed by atoms with Crippen LogP contribution in [0.1, 0.15) is 17.0 Å². The Morgan fingerprint density at radius 2 is 1.86 bits per heavy atom. The molecule has 0 atom stereocenters. The van der Waals surface area contributed by atoms with E-state index in [1.54, 1.807) is 25.6 Å². The number of aryl methyl sites for hydroxylation is 1. The minimum atomic E-state index is -3.92. The van der Waals surface area contributed by atoms with Gasteiger partial charge in [0.1, 0.15) is 5.75 Å². The van der Waals surface area contributed by atoms with Crippen molar-refractivity contribution in [2.45, 2.75) is 25.3 Å². The highest BCUT2D eigenvalue weighted by molar-refractivity contribution is 7.92. The Morgan fingerprint density at radius 1 is 1.17 bits per heavy atom. The van der Waals surface area contributed by atoms with E-state index in [2.05, 4.69) is 9.82 Å². The van der Waals surface area contributed by atoms with E-state index in [0.717, 1.165) is 23.4 Å². The molecule has 10 heteroatoms. The van der Waals surface area contributed by atoms with E-state index in [1.165, 1.54) is 12.1 Å². The number of methoxy groups -OCH3 is 1. The highest BCUT2D eigenvalue weighted by atomic mass is 32.2. The predicted molar refractivity (Wildman–Crippen MR) is 108 cm³/mol. The first-order valence-corrected chi connectivity index (χ1v) is 10.1. The third-order valence-corrected chi connectivity index (χ3v) is 5.81. The first-order chi connectivity index (χ1) is 13.7. The van der Waals surface area contributed by atoms with Crippen LogP contribution in [-0.2, 0) is 16.6 Å². The van der Waals surface area contributed by atoms with E-state index >= 15 is 0 Å². The molecule has 0 unspecified atom stereocenters. The van der Waals surface area contributed by atoms with E-state index in [0.29, 0.717) is 23.6 Å². The average molecular weight is 416 g/mol. The van der Waals surface area contributed by atoms with Crippen molar-refractivity contribution < 1.29 is 18.1 Å². The number of anilines is 1. The monoisotopic (exact) mass is 416 g/mol. The Morgan fingerprint density at radius 3 is 2.48 bits per heavy atom. The lowest BCUT2D eigenvalue weighted by Gasteiger charge is -2.10. The summed E-state index contributed by atoms with van der Waals surface area (Å²) in [5.41, 5.74) is 2.33. The molecule has 9 nitrogen and oxygen atoms in total. The summed E-state index contributed by atoms with van der Waals surface area (Å²) in [5.74, 6) is 0.725. The van der Waals surface area contributed by atoms with E-state index in [9.17, 15) is 18.5 Å². The first-order valence-electron chi connectivity index (χ1n) is 8.65. The molecule has 0 amide bonds. The van der Waals surface area contributed by atoms with Crippen molar-refractivity contribution in [1.29, 1.82) is 0 Å². The van der Waals surface area contributed by atoms with Crippen molar-refractivity contribution in [1.82, 2.24) is 9.78 Å². The van der Waals surface area contributed by atoms with Gasteiger partial charge in [0.05, 0.1) is 40.5 Å². The number of sulfonamides is 1. The minimum Gasteiger partial charge on any atom is -0.497 e. The number of rotatable bonds is 7. The fraction of sp³-hybridized carbons (Fsp3) is 0.211. The summed E-state index contributed by atoms with van der Waals surface area (Å²) in [4.78, 5) is 10.1. The highest BCUT2D eigenvalue weighted by Gasteiger charge is 2.21. The van der Waals surface area contributed by atoms with Crippen molar-refractivity contribution in [2.75, 3.05) is 11.8 Å². The van der Waals surface area contributed by atoms with Crippen LogP contribution in [0.25, 0.3) is 0 Å². The van der Waals surface area contributed by atoms with E-state index in [-0.39, 0.29) is 10.6 Å². The lowest BCUT2D eigenvalue weighted by Crippen LogP contribution is -2.14. The Kier molecular flexibility index (Phi) is 5.55. The summed E-state index contributed by atoms with van der Waals surface area (Å²) in [6, 6.07) is 12.2. The van der Waals surface area contributed by atoms with Crippen LogP contribution >= 0.6 is 0 Å². The molecule has 1 heterocycles. The molecular weight excluding hydrogens is 396 g/mol. The topological polar surface area (TPSA) is 116 Å². The zero-order chi connectivity index (χ0) is 21.2. The van der Waals surface area contributed by atoms with Crippen LogP contribution in [0.5, 0.6) is 5.75 Å². The molecular formula is C19H20N4O5S. The van der Waals surface area contributed by atoms with Crippen LogP contribution in [0, 0.1) is 24.0 Å². The van der Waals surface area contributed by atoms with Crippen LogP contribution < -0.4 is 9.46 Å². The zero-order valence-corrected chi connectivity index (χ0v) is 16.9. The van der Waals surface area contributed by atoms with Gasteiger partial charge in [-0.05, 0) is 43.7 Å². The molecule has 3 rings (SSSR count). The standard InChI is InChI=1S/C19H20N4O5S/c1-13-19(21-29(26,27)18-9-7-16(8-10-18)23(24)25)14(2)22(20-13)12-15-5-4-6-17(11-15)28-3/h4-11,21H,12H2,1-3H3. The van der Waals surface area contributed by atoms with Crippen LogP contribution in [0.15, 0.2) is 53.4 Å². The zero-order valence-electron chi connectivity index (χ0n) is 16.1. The maximum Gasteiger partial charge on any atom is 0.269 e. The largest absolute Gasteiger partial charge is 0.497 e. The van der Waals surface area contributed by atoms with Crippen LogP contribution in [-0.4, -0.2) is 30.2 Å². The van der Waals surface area contributed by atoms with Gasteiger partial charge < -0.3 is 4.74 Å². The maximum atomic E-state index is 12.7. The van der Waals surface area contributed by atoms with Crippen LogP contribution in [0.3, 0.4) is 0 Å². The molecule has 152 valence electrons. The van der Waals surface area contributed by atoms with Crippen molar-refractivity contribution in [3.8, 4) is 5.75 Å². The fourth-order valence-electron chi connectivity index (χ4n) is 2.88. The Labute approximate surface area is 168 Å². The van der Waals surface area contributed by atoms with Crippen molar-refractivity contribution in [3.05, 3.63) is 75.6 Å². The maximum absolute atomic E-state index is 12.7. The number of hydrogen-bond acceptors (Lipinski definition) is 6. The number of nitrogens with one attached hydrogen (secondary N) is 1. The lowest BCUT2D eigenvalue weighted by atomic mass is 10.2. The Hall–Kier alpha value is -3.40. The molecule has 0 spiro atoms. The molecule has 0 radical (unpaired) electrons.